The zero-order chi connectivity index (χ0) is 27.6. The fourth-order valence-corrected chi connectivity index (χ4v) is 14.4. The normalized spacial score (nSPS) is 40.7. The van der Waals surface area contributed by atoms with E-state index in [1.807, 2.05) is 0 Å². The van der Waals surface area contributed by atoms with Gasteiger partial charge in [-0.2, -0.15) is 0 Å². The molecule has 0 radical (unpaired) electrons. The minimum Gasteiger partial charge on any atom is -0.414 e. The van der Waals surface area contributed by atoms with E-state index < -0.39 is 16.6 Å². The number of aldehydes is 1. The molecule has 3 unspecified atom stereocenters. The second kappa shape index (κ2) is 9.87. The highest BCUT2D eigenvalue weighted by molar-refractivity contribution is 6.79. The van der Waals surface area contributed by atoms with Crippen LogP contribution < -0.4 is 0 Å². The number of carbonyl (C=O) groups excluding carboxylic acids is 2. The van der Waals surface area contributed by atoms with Gasteiger partial charge in [-0.1, -0.05) is 67.5 Å². The van der Waals surface area contributed by atoms with Gasteiger partial charge in [0, 0.05) is 18.4 Å². The van der Waals surface area contributed by atoms with E-state index in [4.69, 9.17) is 4.43 Å². The van der Waals surface area contributed by atoms with E-state index in [9.17, 15) is 9.59 Å². The topological polar surface area (TPSA) is 46.6 Å². The lowest BCUT2D eigenvalue weighted by Crippen LogP contribution is -2.71. The molecule has 1 aliphatic heterocycles. The summed E-state index contributed by atoms with van der Waals surface area (Å²) in [6.45, 7) is 23.9. The molecule has 0 aromatic heterocycles. The summed E-state index contributed by atoms with van der Waals surface area (Å²) < 4.78 is 9.47. The number of fused-ring (bicyclic) bond motifs is 5. The molecular formula is C31H57NO3Si2. The lowest BCUT2D eigenvalue weighted by atomic mass is 9.45. The van der Waals surface area contributed by atoms with E-state index in [1.165, 1.54) is 44.4 Å². The van der Waals surface area contributed by atoms with E-state index in [-0.39, 0.29) is 27.8 Å². The maximum Gasteiger partial charge on any atom is 0.214 e. The number of nitrogens with zero attached hydrogens (tertiary/aromatic N) is 1. The first-order chi connectivity index (χ1) is 17.0. The molecule has 8 atom stereocenters. The zero-order valence-electron chi connectivity index (χ0n) is 25.8. The number of piperidine rings is 1. The van der Waals surface area contributed by atoms with E-state index in [1.54, 1.807) is 0 Å². The molecule has 212 valence electrons. The number of amides is 1. The molecular weight excluding hydrogens is 491 g/mol. The van der Waals surface area contributed by atoms with E-state index in [0.717, 1.165) is 19.3 Å². The molecule has 3 saturated carbocycles. The van der Waals surface area contributed by atoms with Gasteiger partial charge in [-0.3, -0.25) is 4.79 Å². The number of hydrogen-bond acceptors (Lipinski definition) is 3. The lowest BCUT2D eigenvalue weighted by Gasteiger charge is -2.66. The Balaban J connectivity index is 1.65. The van der Waals surface area contributed by atoms with Gasteiger partial charge in [0.25, 0.3) is 0 Å². The molecule has 6 heteroatoms. The van der Waals surface area contributed by atoms with Crippen molar-refractivity contribution >= 4 is 28.7 Å². The predicted molar refractivity (Wildman–Crippen MR) is 158 cm³/mol. The van der Waals surface area contributed by atoms with Gasteiger partial charge in [0.1, 0.15) is 6.29 Å². The average molecular weight is 548 g/mol. The van der Waals surface area contributed by atoms with Crippen LogP contribution in [0.4, 0.5) is 0 Å². The van der Waals surface area contributed by atoms with Crippen molar-refractivity contribution in [1.29, 1.82) is 0 Å². The second-order valence-electron chi connectivity index (χ2n) is 16.0. The Morgan fingerprint density at radius 1 is 1.03 bits per heavy atom. The molecule has 37 heavy (non-hydrogen) atoms. The number of carbonyl (C=O) groups is 2. The molecule has 3 aliphatic carbocycles. The number of rotatable bonds is 7. The van der Waals surface area contributed by atoms with Crippen LogP contribution in [-0.2, 0) is 14.0 Å². The van der Waals surface area contributed by atoms with Crippen LogP contribution in [0.1, 0.15) is 99.3 Å². The Bertz CT molecular complexity index is 882. The summed E-state index contributed by atoms with van der Waals surface area (Å²) in [7, 11) is -3.75. The standard InChI is InChI=1S/C31H57NO3Si2/c1-11-12-19-36(7,8)35-26-14-13-23-28-22(21-33)20-25-30(5,24(28)15-17-31(23,26)6)18-16-27(34)32(25)37(9,10)29(2,3)4/h21-26,28H,11-20H2,1-10H3/t22?,23-,24+,25?,26?,28-,30+,31-/m0/s1. The summed E-state index contributed by atoms with van der Waals surface area (Å²) in [5.74, 6) is 1.96. The summed E-state index contributed by atoms with van der Waals surface area (Å²) >= 11 is 0. The molecule has 4 rings (SSSR count). The first kappa shape index (κ1) is 29.5. The van der Waals surface area contributed by atoms with Crippen LogP contribution in [0.15, 0.2) is 0 Å². The van der Waals surface area contributed by atoms with Crippen molar-refractivity contribution in [1.82, 2.24) is 4.57 Å². The number of unbranched alkanes of at least 4 members (excludes halogenated alkanes) is 1. The van der Waals surface area contributed by atoms with Crippen molar-refractivity contribution in [2.45, 2.75) is 149 Å². The maximum atomic E-state index is 13.6. The van der Waals surface area contributed by atoms with Gasteiger partial charge in [0.15, 0.2) is 16.6 Å². The van der Waals surface area contributed by atoms with Gasteiger partial charge in [-0.25, -0.2) is 0 Å². The molecule has 4 nitrogen and oxygen atoms in total. The minimum atomic E-state index is -2.06. The maximum absolute atomic E-state index is 13.6. The van der Waals surface area contributed by atoms with Gasteiger partial charge in [-0.15, -0.1) is 0 Å². The lowest BCUT2D eigenvalue weighted by molar-refractivity contribution is -0.165. The average Bonchev–Trinajstić information content (AvgIpc) is 3.12. The van der Waals surface area contributed by atoms with Gasteiger partial charge in [0.2, 0.25) is 5.91 Å². The molecule has 0 N–H and O–H groups in total. The third-order valence-electron chi connectivity index (χ3n) is 12.5. The van der Waals surface area contributed by atoms with Crippen LogP contribution in [0.3, 0.4) is 0 Å². The smallest absolute Gasteiger partial charge is 0.214 e. The van der Waals surface area contributed by atoms with Crippen LogP contribution in [-0.4, -0.2) is 45.5 Å². The molecule has 0 spiro atoms. The van der Waals surface area contributed by atoms with Gasteiger partial charge in [0.05, 0.1) is 6.10 Å². The Morgan fingerprint density at radius 3 is 2.27 bits per heavy atom. The largest absolute Gasteiger partial charge is 0.414 e. The third-order valence-corrected chi connectivity index (χ3v) is 20.4. The van der Waals surface area contributed by atoms with Crippen molar-refractivity contribution in [3.63, 3.8) is 0 Å². The van der Waals surface area contributed by atoms with E-state index in [2.05, 4.69) is 72.3 Å². The summed E-state index contributed by atoms with van der Waals surface area (Å²) in [5, 5.41) is 0.101. The second-order valence-corrected chi connectivity index (χ2v) is 25.4. The molecule has 1 saturated heterocycles. The Hall–Kier alpha value is -0.466. The van der Waals surface area contributed by atoms with Crippen molar-refractivity contribution in [3.05, 3.63) is 0 Å². The van der Waals surface area contributed by atoms with Crippen molar-refractivity contribution < 1.29 is 14.0 Å². The molecule has 4 fully saturated rings. The van der Waals surface area contributed by atoms with Gasteiger partial charge in [-0.05, 0) is 91.3 Å². The third kappa shape index (κ3) is 4.77. The molecule has 0 aromatic rings. The Morgan fingerprint density at radius 2 is 1.68 bits per heavy atom. The quantitative estimate of drug-likeness (QED) is 0.239. The van der Waals surface area contributed by atoms with E-state index >= 15 is 0 Å². The fraction of sp³-hybridized carbons (Fsp3) is 0.935. The summed E-state index contributed by atoms with van der Waals surface area (Å²) in [4.78, 5) is 26.4. The Labute approximate surface area is 230 Å². The first-order valence-corrected chi connectivity index (χ1v) is 21.5. The van der Waals surface area contributed by atoms with Crippen molar-refractivity contribution in [3.8, 4) is 0 Å². The highest BCUT2D eigenvalue weighted by Crippen LogP contribution is 2.67. The predicted octanol–water partition coefficient (Wildman–Crippen LogP) is 8.04. The van der Waals surface area contributed by atoms with Crippen molar-refractivity contribution in [2.75, 3.05) is 0 Å². The van der Waals surface area contributed by atoms with Gasteiger partial charge >= 0.3 is 0 Å². The zero-order valence-corrected chi connectivity index (χ0v) is 27.8. The minimum absolute atomic E-state index is 0.0648. The molecule has 0 aromatic carbocycles. The summed E-state index contributed by atoms with van der Waals surface area (Å²) in [6.07, 6.45) is 11.5. The Kier molecular flexibility index (Phi) is 7.87. The monoisotopic (exact) mass is 547 g/mol. The van der Waals surface area contributed by atoms with Crippen LogP contribution in [0.25, 0.3) is 0 Å². The van der Waals surface area contributed by atoms with Crippen LogP contribution in [0.2, 0.25) is 37.3 Å². The van der Waals surface area contributed by atoms with Crippen LogP contribution >= 0.6 is 0 Å². The van der Waals surface area contributed by atoms with Crippen LogP contribution in [0, 0.1) is 34.5 Å². The molecule has 4 aliphatic rings. The van der Waals surface area contributed by atoms with Crippen molar-refractivity contribution in [2.24, 2.45) is 34.5 Å². The fourth-order valence-electron chi connectivity index (χ4n) is 9.32. The summed E-state index contributed by atoms with van der Waals surface area (Å²) in [5.41, 5.74) is 0.300. The molecule has 1 amide bonds. The first-order valence-electron chi connectivity index (χ1n) is 15.5. The van der Waals surface area contributed by atoms with E-state index in [0.29, 0.717) is 36.2 Å². The van der Waals surface area contributed by atoms with Gasteiger partial charge < -0.3 is 13.8 Å². The highest BCUT2D eigenvalue weighted by Gasteiger charge is 2.66. The SMILES string of the molecule is CCCC[Si](C)(C)OC1CC[C@H]2[C@@H]3C(C=O)CC4N([Si](C)(C)C(C)(C)C)C(=O)CC[C@]4(C)[C@@H]3CC[C@]12C. The summed E-state index contributed by atoms with van der Waals surface area (Å²) in [6, 6.07) is 1.46. The number of hydrogen-bond donors (Lipinski definition) is 0. The van der Waals surface area contributed by atoms with Crippen LogP contribution in [0.5, 0.6) is 0 Å². The molecule has 1 heterocycles. The highest BCUT2D eigenvalue weighted by atomic mass is 28.4. The molecule has 0 bridgehead atoms.